The molecule has 0 unspecified atom stereocenters. The van der Waals surface area contributed by atoms with E-state index in [4.69, 9.17) is 4.74 Å². The fraction of sp³-hybridized carbons (Fsp3) is 0.500. The number of carbonyl (C=O) groups is 1. The lowest BCUT2D eigenvalue weighted by Gasteiger charge is -2.21. The van der Waals surface area contributed by atoms with E-state index in [1.807, 2.05) is 50.5 Å². The number of nitrogens with zero attached hydrogens (tertiary/aromatic N) is 2. The van der Waals surface area contributed by atoms with E-state index in [0.717, 1.165) is 28.8 Å². The quantitative estimate of drug-likeness (QED) is 0.854. The number of amides is 1. The van der Waals surface area contributed by atoms with Crippen LogP contribution in [0.2, 0.25) is 0 Å². The molecule has 5 nitrogen and oxygen atoms in total. The monoisotopic (exact) mass is 318 g/mol. The van der Waals surface area contributed by atoms with Crippen LogP contribution in [0.25, 0.3) is 10.9 Å². The van der Waals surface area contributed by atoms with E-state index in [-0.39, 0.29) is 12.5 Å². The van der Waals surface area contributed by atoms with Gasteiger partial charge in [0.2, 0.25) is 0 Å². The highest BCUT2D eigenvalue weighted by molar-refractivity contribution is 6.02. The molecule has 0 saturated heterocycles. The second-order valence-electron chi connectivity index (χ2n) is 5.44. The lowest BCUT2D eigenvalue weighted by molar-refractivity contribution is 0.0721. The summed E-state index contributed by atoms with van der Waals surface area (Å²) in [4.78, 5) is 14.6. The van der Waals surface area contributed by atoms with Crippen LogP contribution in [0.4, 0.5) is 0 Å². The standard InChI is InChI=1S/C18H26N2O3/c1-5-19(10-11-21)18(22)17-13(4)15-12-14(23-7-3)8-9-16(15)20(17)6-2/h8-9,12,21H,5-7,10-11H2,1-4H3. The van der Waals surface area contributed by atoms with Crippen LogP contribution in [0, 0.1) is 6.92 Å². The zero-order chi connectivity index (χ0) is 17.0. The van der Waals surface area contributed by atoms with E-state index in [1.54, 1.807) is 4.90 Å². The van der Waals surface area contributed by atoms with Crippen molar-refractivity contribution in [3.05, 3.63) is 29.5 Å². The third-order valence-electron chi connectivity index (χ3n) is 4.16. The first-order chi connectivity index (χ1) is 11.1. The molecule has 1 aromatic carbocycles. The summed E-state index contributed by atoms with van der Waals surface area (Å²) in [5.74, 6) is 0.785. The highest BCUT2D eigenvalue weighted by Crippen LogP contribution is 2.30. The van der Waals surface area contributed by atoms with E-state index >= 15 is 0 Å². The molecule has 1 heterocycles. The van der Waals surface area contributed by atoms with Crippen molar-refractivity contribution in [2.45, 2.75) is 34.2 Å². The smallest absolute Gasteiger partial charge is 0.270 e. The highest BCUT2D eigenvalue weighted by Gasteiger charge is 2.23. The maximum absolute atomic E-state index is 12.9. The van der Waals surface area contributed by atoms with Crippen molar-refractivity contribution >= 4 is 16.8 Å². The van der Waals surface area contributed by atoms with E-state index in [9.17, 15) is 9.90 Å². The first-order valence-electron chi connectivity index (χ1n) is 8.24. The minimum absolute atomic E-state index is 0.0283. The Bertz CT molecular complexity index is 691. The number of fused-ring (bicyclic) bond motifs is 1. The lowest BCUT2D eigenvalue weighted by Crippen LogP contribution is -2.35. The Hall–Kier alpha value is -2.01. The molecule has 2 aromatic rings. The number of carbonyl (C=O) groups excluding carboxylic acids is 1. The summed E-state index contributed by atoms with van der Waals surface area (Å²) >= 11 is 0. The molecule has 0 aliphatic heterocycles. The molecular weight excluding hydrogens is 292 g/mol. The molecule has 1 aromatic heterocycles. The van der Waals surface area contributed by atoms with Crippen molar-refractivity contribution in [1.82, 2.24) is 9.47 Å². The summed E-state index contributed by atoms with van der Waals surface area (Å²) in [6.07, 6.45) is 0. The van der Waals surface area contributed by atoms with Crippen LogP contribution < -0.4 is 4.74 Å². The van der Waals surface area contributed by atoms with Crippen molar-refractivity contribution in [3.8, 4) is 5.75 Å². The highest BCUT2D eigenvalue weighted by atomic mass is 16.5. The van der Waals surface area contributed by atoms with Crippen LogP contribution in [0.1, 0.15) is 36.8 Å². The summed E-state index contributed by atoms with van der Waals surface area (Å²) in [5, 5.41) is 10.2. The Kier molecular flexibility index (Phi) is 5.66. The maximum atomic E-state index is 12.9. The number of rotatable bonds is 7. The normalized spacial score (nSPS) is 11.0. The summed E-state index contributed by atoms with van der Waals surface area (Å²) in [6.45, 7) is 10.1. The number of aromatic nitrogens is 1. The number of benzene rings is 1. The molecule has 0 spiro atoms. The first-order valence-corrected chi connectivity index (χ1v) is 8.24. The third-order valence-corrected chi connectivity index (χ3v) is 4.16. The van der Waals surface area contributed by atoms with Crippen LogP contribution in [-0.4, -0.2) is 46.8 Å². The second kappa shape index (κ2) is 7.51. The molecule has 126 valence electrons. The predicted octanol–water partition coefficient (Wildman–Crippen LogP) is 2.82. The molecule has 1 N–H and O–H groups in total. The molecule has 0 bridgehead atoms. The fourth-order valence-corrected chi connectivity index (χ4v) is 3.04. The number of hydrogen-bond acceptors (Lipinski definition) is 3. The van der Waals surface area contributed by atoms with Gasteiger partial charge in [0, 0.05) is 30.5 Å². The SMILES string of the molecule is CCOc1ccc2c(c1)c(C)c(C(=O)N(CC)CCO)n2CC. The Morgan fingerprint density at radius 3 is 2.61 bits per heavy atom. The van der Waals surface area contributed by atoms with E-state index < -0.39 is 0 Å². The van der Waals surface area contributed by atoms with Crippen LogP contribution in [0.3, 0.4) is 0 Å². The fourth-order valence-electron chi connectivity index (χ4n) is 3.04. The minimum Gasteiger partial charge on any atom is -0.494 e. The topological polar surface area (TPSA) is 54.7 Å². The van der Waals surface area contributed by atoms with E-state index in [0.29, 0.717) is 25.4 Å². The second-order valence-corrected chi connectivity index (χ2v) is 5.44. The molecule has 0 aliphatic rings. The van der Waals surface area contributed by atoms with Crippen molar-refractivity contribution in [2.75, 3.05) is 26.3 Å². The first kappa shape index (κ1) is 17.3. The van der Waals surface area contributed by atoms with Crippen molar-refractivity contribution in [2.24, 2.45) is 0 Å². The number of hydrogen-bond donors (Lipinski definition) is 1. The predicted molar refractivity (Wildman–Crippen MR) is 92.2 cm³/mol. The number of aryl methyl sites for hydroxylation is 2. The molecule has 2 rings (SSSR count). The van der Waals surface area contributed by atoms with E-state index in [1.165, 1.54) is 0 Å². The van der Waals surface area contributed by atoms with Crippen LogP contribution in [0.15, 0.2) is 18.2 Å². The van der Waals surface area contributed by atoms with Gasteiger partial charge < -0.3 is 19.3 Å². The molecule has 1 amide bonds. The average Bonchev–Trinajstić information content (AvgIpc) is 2.84. The summed E-state index contributed by atoms with van der Waals surface area (Å²) in [6, 6.07) is 5.95. The zero-order valence-corrected chi connectivity index (χ0v) is 14.4. The van der Waals surface area contributed by atoms with Gasteiger partial charge >= 0.3 is 0 Å². The van der Waals surface area contributed by atoms with Crippen LogP contribution >= 0.6 is 0 Å². The van der Waals surface area contributed by atoms with Gasteiger partial charge in [-0.1, -0.05) is 0 Å². The molecule has 5 heteroatoms. The Morgan fingerprint density at radius 2 is 2.04 bits per heavy atom. The zero-order valence-electron chi connectivity index (χ0n) is 14.4. The van der Waals surface area contributed by atoms with Crippen molar-refractivity contribution in [3.63, 3.8) is 0 Å². The lowest BCUT2D eigenvalue weighted by atomic mass is 10.1. The van der Waals surface area contributed by atoms with Gasteiger partial charge in [-0.3, -0.25) is 4.79 Å². The summed E-state index contributed by atoms with van der Waals surface area (Å²) in [7, 11) is 0. The average molecular weight is 318 g/mol. The molecule has 0 fully saturated rings. The Morgan fingerprint density at radius 1 is 1.30 bits per heavy atom. The third kappa shape index (κ3) is 3.20. The van der Waals surface area contributed by atoms with Gasteiger partial charge in [-0.15, -0.1) is 0 Å². The van der Waals surface area contributed by atoms with Gasteiger partial charge in [-0.2, -0.15) is 0 Å². The minimum atomic E-state index is -0.0324. The number of aliphatic hydroxyl groups is 1. The Labute approximate surface area is 137 Å². The van der Waals surface area contributed by atoms with Gasteiger partial charge in [0.1, 0.15) is 11.4 Å². The molecule has 0 aliphatic carbocycles. The Balaban J connectivity index is 2.58. The van der Waals surface area contributed by atoms with Gasteiger partial charge in [0.15, 0.2) is 0 Å². The molecule has 0 saturated carbocycles. The van der Waals surface area contributed by atoms with Gasteiger partial charge in [0.05, 0.1) is 13.2 Å². The molecular formula is C18H26N2O3. The maximum Gasteiger partial charge on any atom is 0.270 e. The van der Waals surface area contributed by atoms with Crippen LogP contribution in [0.5, 0.6) is 5.75 Å². The summed E-state index contributed by atoms with van der Waals surface area (Å²) < 4.78 is 7.63. The van der Waals surface area contributed by atoms with E-state index in [2.05, 4.69) is 0 Å². The van der Waals surface area contributed by atoms with Crippen LogP contribution in [-0.2, 0) is 6.54 Å². The van der Waals surface area contributed by atoms with Gasteiger partial charge in [-0.05, 0) is 51.5 Å². The van der Waals surface area contributed by atoms with Gasteiger partial charge in [0.25, 0.3) is 5.91 Å². The van der Waals surface area contributed by atoms with Crippen molar-refractivity contribution < 1.29 is 14.6 Å². The molecule has 0 atom stereocenters. The number of ether oxygens (including phenoxy) is 1. The summed E-state index contributed by atoms with van der Waals surface area (Å²) in [5.41, 5.74) is 2.70. The molecule has 0 radical (unpaired) electrons. The molecule has 23 heavy (non-hydrogen) atoms. The number of likely N-dealkylation sites (N-methyl/N-ethyl adjacent to an activating group) is 1. The number of aliphatic hydroxyl groups excluding tert-OH is 1. The largest absolute Gasteiger partial charge is 0.494 e. The van der Waals surface area contributed by atoms with Gasteiger partial charge in [-0.25, -0.2) is 0 Å². The van der Waals surface area contributed by atoms with Crippen molar-refractivity contribution in [1.29, 1.82) is 0 Å².